The molecule has 0 saturated heterocycles. The number of rotatable bonds is 7. The summed E-state index contributed by atoms with van der Waals surface area (Å²) in [6.07, 6.45) is 1.49. The van der Waals surface area contributed by atoms with Crippen LogP contribution in [0.2, 0.25) is 0 Å². The normalized spacial score (nSPS) is 13.9. The van der Waals surface area contributed by atoms with Crippen molar-refractivity contribution in [3.05, 3.63) is 59.8 Å². The summed E-state index contributed by atoms with van der Waals surface area (Å²) in [6.45, 7) is 7.03. The molecule has 0 saturated carbocycles. The van der Waals surface area contributed by atoms with Gasteiger partial charge in [0.25, 0.3) is 0 Å². The van der Waals surface area contributed by atoms with E-state index in [-0.39, 0.29) is 6.54 Å². The number of aliphatic hydroxyl groups is 1. The van der Waals surface area contributed by atoms with Crippen molar-refractivity contribution in [2.45, 2.75) is 32.9 Å². The monoisotopic (exact) mass is 382 g/mol. The maximum absolute atomic E-state index is 10.7. The Morgan fingerprint density at radius 1 is 1.29 bits per heavy atom. The summed E-state index contributed by atoms with van der Waals surface area (Å²) < 4.78 is 5.55. The SMILES string of the molecule is CCNC(=NCc1cccc(-c2ncn[nH]2)c1)NCC(C)(O)c1ccc(C)o1. The van der Waals surface area contributed by atoms with E-state index in [1.54, 1.807) is 13.0 Å². The minimum Gasteiger partial charge on any atom is -0.463 e. The predicted octanol–water partition coefficient (Wildman–Crippen LogP) is 2.34. The summed E-state index contributed by atoms with van der Waals surface area (Å²) in [6, 6.07) is 11.6. The molecule has 148 valence electrons. The second kappa shape index (κ2) is 8.71. The van der Waals surface area contributed by atoms with Crippen LogP contribution in [0.4, 0.5) is 0 Å². The summed E-state index contributed by atoms with van der Waals surface area (Å²) >= 11 is 0. The molecule has 28 heavy (non-hydrogen) atoms. The Morgan fingerprint density at radius 2 is 2.14 bits per heavy atom. The number of aryl methyl sites for hydroxylation is 1. The molecular weight excluding hydrogens is 356 g/mol. The van der Waals surface area contributed by atoms with Crippen LogP contribution >= 0.6 is 0 Å². The van der Waals surface area contributed by atoms with Gasteiger partial charge in [-0.25, -0.2) is 9.98 Å². The van der Waals surface area contributed by atoms with Gasteiger partial charge in [0.1, 0.15) is 23.4 Å². The van der Waals surface area contributed by atoms with Crippen LogP contribution in [-0.4, -0.2) is 39.3 Å². The fraction of sp³-hybridized carbons (Fsp3) is 0.350. The van der Waals surface area contributed by atoms with E-state index in [0.29, 0.717) is 24.8 Å². The number of hydrogen-bond donors (Lipinski definition) is 4. The van der Waals surface area contributed by atoms with E-state index >= 15 is 0 Å². The molecule has 3 rings (SSSR count). The minimum absolute atomic E-state index is 0.268. The Labute approximate surface area is 164 Å². The third-order valence-electron chi connectivity index (χ3n) is 4.25. The van der Waals surface area contributed by atoms with Crippen LogP contribution in [0, 0.1) is 6.92 Å². The molecular formula is C20H26N6O2. The Morgan fingerprint density at radius 3 is 2.82 bits per heavy atom. The quantitative estimate of drug-likeness (QED) is 0.369. The molecule has 0 fully saturated rings. The van der Waals surface area contributed by atoms with E-state index in [1.807, 2.05) is 44.2 Å². The topological polar surface area (TPSA) is 111 Å². The number of nitrogens with zero attached hydrogens (tertiary/aromatic N) is 3. The van der Waals surface area contributed by atoms with Gasteiger partial charge in [0.15, 0.2) is 11.8 Å². The van der Waals surface area contributed by atoms with Crippen LogP contribution in [-0.2, 0) is 12.1 Å². The molecule has 8 heteroatoms. The van der Waals surface area contributed by atoms with Gasteiger partial charge in [-0.3, -0.25) is 5.10 Å². The van der Waals surface area contributed by atoms with Crippen molar-refractivity contribution < 1.29 is 9.52 Å². The molecule has 0 bridgehead atoms. The molecule has 2 aromatic heterocycles. The van der Waals surface area contributed by atoms with Crippen molar-refractivity contribution >= 4 is 5.96 Å². The number of aromatic amines is 1. The van der Waals surface area contributed by atoms with Crippen LogP contribution in [0.1, 0.15) is 30.9 Å². The molecule has 4 N–H and O–H groups in total. The van der Waals surface area contributed by atoms with Gasteiger partial charge in [-0.2, -0.15) is 5.10 Å². The number of hydrogen-bond acceptors (Lipinski definition) is 5. The Bertz CT molecular complexity index is 914. The molecule has 8 nitrogen and oxygen atoms in total. The predicted molar refractivity (Wildman–Crippen MR) is 108 cm³/mol. The molecule has 2 heterocycles. The van der Waals surface area contributed by atoms with Gasteiger partial charge in [-0.05, 0) is 44.5 Å². The molecule has 0 spiro atoms. The lowest BCUT2D eigenvalue weighted by molar-refractivity contribution is 0.0378. The highest BCUT2D eigenvalue weighted by Gasteiger charge is 2.27. The number of H-pyrrole nitrogens is 1. The van der Waals surface area contributed by atoms with Gasteiger partial charge in [-0.15, -0.1) is 0 Å². The highest BCUT2D eigenvalue weighted by molar-refractivity contribution is 5.79. The van der Waals surface area contributed by atoms with Gasteiger partial charge in [0, 0.05) is 12.1 Å². The van der Waals surface area contributed by atoms with Gasteiger partial charge >= 0.3 is 0 Å². The molecule has 0 radical (unpaired) electrons. The molecule has 1 aromatic carbocycles. The lowest BCUT2D eigenvalue weighted by Crippen LogP contribution is -2.44. The van der Waals surface area contributed by atoms with Crippen LogP contribution in [0.3, 0.4) is 0 Å². The van der Waals surface area contributed by atoms with Gasteiger partial charge in [0.05, 0.1) is 13.1 Å². The average Bonchev–Trinajstić information content (AvgIpc) is 3.36. The third-order valence-corrected chi connectivity index (χ3v) is 4.25. The van der Waals surface area contributed by atoms with E-state index in [4.69, 9.17) is 4.42 Å². The third kappa shape index (κ3) is 4.98. The van der Waals surface area contributed by atoms with E-state index in [1.165, 1.54) is 6.33 Å². The molecule has 0 amide bonds. The maximum atomic E-state index is 10.7. The summed E-state index contributed by atoms with van der Waals surface area (Å²) in [7, 11) is 0. The van der Waals surface area contributed by atoms with Crippen LogP contribution in [0.5, 0.6) is 0 Å². The largest absolute Gasteiger partial charge is 0.463 e. The summed E-state index contributed by atoms with van der Waals surface area (Å²) in [5.74, 6) is 2.63. The van der Waals surface area contributed by atoms with Gasteiger partial charge < -0.3 is 20.2 Å². The van der Waals surface area contributed by atoms with Crippen LogP contribution in [0.15, 0.2) is 52.1 Å². The van der Waals surface area contributed by atoms with Crippen LogP contribution in [0.25, 0.3) is 11.4 Å². The number of aliphatic imine (C=N–C) groups is 1. The van der Waals surface area contributed by atoms with Gasteiger partial charge in [0.2, 0.25) is 0 Å². The second-order valence-corrected chi connectivity index (χ2v) is 6.77. The smallest absolute Gasteiger partial charge is 0.191 e. The molecule has 1 atom stereocenters. The highest BCUT2D eigenvalue weighted by atomic mass is 16.4. The standard InChI is InChI=1S/C20H26N6O2/c1-4-21-19(23-12-20(3,27)17-9-8-14(2)28-17)22-11-15-6-5-7-16(10-15)18-24-13-25-26-18/h5-10,13,27H,4,11-12H2,1-3H3,(H2,21,22,23)(H,24,25,26). The first-order chi connectivity index (χ1) is 13.5. The average molecular weight is 382 g/mol. The first-order valence-corrected chi connectivity index (χ1v) is 9.24. The van der Waals surface area contributed by atoms with E-state index < -0.39 is 5.60 Å². The van der Waals surface area contributed by atoms with E-state index in [0.717, 1.165) is 22.7 Å². The van der Waals surface area contributed by atoms with E-state index in [9.17, 15) is 5.11 Å². The summed E-state index contributed by atoms with van der Waals surface area (Å²) in [4.78, 5) is 8.79. The van der Waals surface area contributed by atoms with Crippen LogP contribution < -0.4 is 10.6 Å². The first-order valence-electron chi connectivity index (χ1n) is 9.24. The minimum atomic E-state index is -1.14. The molecule has 3 aromatic rings. The van der Waals surface area contributed by atoms with Crippen molar-refractivity contribution in [2.75, 3.05) is 13.1 Å². The Balaban J connectivity index is 1.67. The van der Waals surface area contributed by atoms with Crippen molar-refractivity contribution in [1.82, 2.24) is 25.8 Å². The van der Waals surface area contributed by atoms with Crippen molar-refractivity contribution in [3.63, 3.8) is 0 Å². The molecule has 0 aliphatic rings. The number of nitrogens with one attached hydrogen (secondary N) is 3. The number of benzene rings is 1. The zero-order valence-corrected chi connectivity index (χ0v) is 16.4. The summed E-state index contributed by atoms with van der Waals surface area (Å²) in [5, 5.41) is 23.8. The first kappa shape index (κ1) is 19.6. The maximum Gasteiger partial charge on any atom is 0.191 e. The Kier molecular flexibility index (Phi) is 6.10. The summed E-state index contributed by atoms with van der Waals surface area (Å²) in [5.41, 5.74) is 0.857. The van der Waals surface area contributed by atoms with Crippen molar-refractivity contribution in [3.8, 4) is 11.4 Å². The Hall–Kier alpha value is -3.13. The van der Waals surface area contributed by atoms with Gasteiger partial charge in [-0.1, -0.05) is 18.2 Å². The molecule has 0 aliphatic carbocycles. The highest BCUT2D eigenvalue weighted by Crippen LogP contribution is 2.22. The number of guanidine groups is 1. The fourth-order valence-corrected chi connectivity index (χ4v) is 2.74. The second-order valence-electron chi connectivity index (χ2n) is 6.77. The zero-order valence-electron chi connectivity index (χ0n) is 16.4. The lowest BCUT2D eigenvalue weighted by Gasteiger charge is -2.22. The molecule has 1 unspecified atom stereocenters. The number of aromatic nitrogens is 3. The zero-order chi connectivity index (χ0) is 20.0. The molecule has 0 aliphatic heterocycles. The lowest BCUT2D eigenvalue weighted by atomic mass is 10.0. The van der Waals surface area contributed by atoms with E-state index in [2.05, 4.69) is 30.8 Å². The van der Waals surface area contributed by atoms with Crippen molar-refractivity contribution in [2.24, 2.45) is 4.99 Å². The number of furan rings is 1. The van der Waals surface area contributed by atoms with Crippen molar-refractivity contribution in [1.29, 1.82) is 0 Å². The fourth-order valence-electron chi connectivity index (χ4n) is 2.74.